The number of Topliss-reactive ketones (excluding diaryl/α,β-unsaturated/α-hetero) is 1. The van der Waals surface area contributed by atoms with E-state index < -0.39 is 0 Å². The van der Waals surface area contributed by atoms with E-state index in [0.29, 0.717) is 17.9 Å². The summed E-state index contributed by atoms with van der Waals surface area (Å²) in [5, 5.41) is 3.78. The van der Waals surface area contributed by atoms with Crippen molar-refractivity contribution in [2.75, 3.05) is 11.9 Å². The number of ether oxygens (including phenoxy) is 1. The number of hydrogen-bond donors (Lipinski definition) is 0. The van der Waals surface area contributed by atoms with Crippen LogP contribution in [0.15, 0.2) is 65.1 Å². The van der Waals surface area contributed by atoms with Gasteiger partial charge >= 0.3 is 0 Å². The monoisotopic (exact) mass is 422 g/mol. The largest absolute Gasteiger partial charge is 0.493 e. The van der Waals surface area contributed by atoms with Gasteiger partial charge in [0.2, 0.25) is 0 Å². The van der Waals surface area contributed by atoms with E-state index in [-0.39, 0.29) is 5.78 Å². The SMILES string of the molecule is CC(=O)c1c(-c2ccc(OCCCBr)c3ccccc23)oc2ccccc12. The number of furan rings is 1. The third-order valence-corrected chi connectivity index (χ3v) is 5.17. The van der Waals surface area contributed by atoms with E-state index in [1.165, 1.54) is 0 Å². The second-order valence-corrected chi connectivity index (χ2v) is 7.20. The van der Waals surface area contributed by atoms with E-state index in [9.17, 15) is 4.79 Å². The van der Waals surface area contributed by atoms with Crippen LogP contribution in [0, 0.1) is 0 Å². The molecule has 0 amide bonds. The number of carbonyl (C=O) groups excluding carboxylic acids is 1. The molecule has 0 spiro atoms. The zero-order valence-electron chi connectivity index (χ0n) is 15.0. The molecular formula is C23H19BrO3. The van der Waals surface area contributed by atoms with E-state index in [4.69, 9.17) is 9.15 Å². The molecule has 0 fully saturated rings. The fraction of sp³-hybridized carbons (Fsp3) is 0.174. The van der Waals surface area contributed by atoms with E-state index >= 15 is 0 Å². The summed E-state index contributed by atoms with van der Waals surface area (Å²) in [4.78, 5) is 12.4. The first-order valence-corrected chi connectivity index (χ1v) is 10.1. The van der Waals surface area contributed by atoms with Gasteiger partial charge in [-0.3, -0.25) is 4.79 Å². The normalized spacial score (nSPS) is 11.2. The fourth-order valence-electron chi connectivity index (χ4n) is 3.42. The summed E-state index contributed by atoms with van der Waals surface area (Å²) in [6.45, 7) is 2.23. The van der Waals surface area contributed by atoms with Gasteiger partial charge in [0.25, 0.3) is 0 Å². The highest BCUT2D eigenvalue weighted by Crippen LogP contribution is 2.40. The molecule has 0 aliphatic carbocycles. The Labute approximate surface area is 166 Å². The first-order valence-electron chi connectivity index (χ1n) is 8.94. The maximum Gasteiger partial charge on any atom is 0.164 e. The van der Waals surface area contributed by atoms with E-state index in [1.54, 1.807) is 6.92 Å². The minimum absolute atomic E-state index is 0.00308. The van der Waals surface area contributed by atoms with Crippen molar-refractivity contribution >= 4 is 43.5 Å². The molecule has 4 aromatic rings. The van der Waals surface area contributed by atoms with Gasteiger partial charge in [-0.1, -0.05) is 58.4 Å². The molecule has 0 atom stereocenters. The number of ketones is 1. The second kappa shape index (κ2) is 7.57. The number of alkyl halides is 1. The van der Waals surface area contributed by atoms with Crippen molar-refractivity contribution in [2.24, 2.45) is 0 Å². The minimum atomic E-state index is -0.00308. The van der Waals surface area contributed by atoms with Crippen LogP contribution >= 0.6 is 15.9 Å². The maximum absolute atomic E-state index is 12.4. The Hall–Kier alpha value is -2.59. The molecule has 1 heterocycles. The highest BCUT2D eigenvalue weighted by atomic mass is 79.9. The molecule has 3 aromatic carbocycles. The molecule has 0 bridgehead atoms. The van der Waals surface area contributed by atoms with E-state index in [1.807, 2.05) is 60.7 Å². The summed E-state index contributed by atoms with van der Waals surface area (Å²) in [5.41, 5.74) is 2.25. The molecular weight excluding hydrogens is 404 g/mol. The Morgan fingerprint density at radius 1 is 0.963 bits per heavy atom. The number of halogens is 1. The summed E-state index contributed by atoms with van der Waals surface area (Å²) >= 11 is 3.43. The van der Waals surface area contributed by atoms with Gasteiger partial charge in [0, 0.05) is 21.7 Å². The van der Waals surface area contributed by atoms with Gasteiger partial charge in [0.05, 0.1) is 12.2 Å². The minimum Gasteiger partial charge on any atom is -0.493 e. The molecule has 0 radical (unpaired) electrons. The molecule has 0 saturated heterocycles. The van der Waals surface area contributed by atoms with E-state index in [2.05, 4.69) is 15.9 Å². The molecule has 0 saturated carbocycles. The predicted molar refractivity (Wildman–Crippen MR) is 113 cm³/mol. The van der Waals surface area contributed by atoms with Crippen LogP contribution in [0.25, 0.3) is 33.1 Å². The average Bonchev–Trinajstić information content (AvgIpc) is 3.07. The fourth-order valence-corrected chi connectivity index (χ4v) is 3.65. The van der Waals surface area contributed by atoms with E-state index in [0.717, 1.165) is 44.8 Å². The van der Waals surface area contributed by atoms with Crippen LogP contribution in [0.4, 0.5) is 0 Å². The van der Waals surface area contributed by atoms with Gasteiger partial charge < -0.3 is 9.15 Å². The highest BCUT2D eigenvalue weighted by Gasteiger charge is 2.21. The van der Waals surface area contributed by atoms with Crippen LogP contribution in [-0.2, 0) is 0 Å². The Morgan fingerprint density at radius 2 is 1.67 bits per heavy atom. The predicted octanol–water partition coefficient (Wildman–Crippen LogP) is 6.62. The number of hydrogen-bond acceptors (Lipinski definition) is 3. The van der Waals surface area contributed by atoms with Gasteiger partial charge in [0.1, 0.15) is 17.1 Å². The standard InChI is InChI=1S/C23H19BrO3/c1-15(25)22-19-9-4-5-10-21(19)27-23(22)18-11-12-20(26-14-6-13-24)17-8-3-2-7-16(17)18/h2-5,7-12H,6,13-14H2,1H3. The first-order chi connectivity index (χ1) is 13.2. The zero-order chi connectivity index (χ0) is 18.8. The summed E-state index contributed by atoms with van der Waals surface area (Å²) in [6.07, 6.45) is 0.939. The molecule has 0 aliphatic rings. The summed E-state index contributed by atoms with van der Waals surface area (Å²) in [7, 11) is 0. The van der Waals surface area contributed by atoms with Gasteiger partial charge in [-0.2, -0.15) is 0 Å². The van der Waals surface area contributed by atoms with Crippen molar-refractivity contribution in [2.45, 2.75) is 13.3 Å². The Kier molecular flexibility index (Phi) is 4.99. The van der Waals surface area contributed by atoms with Crippen molar-refractivity contribution in [3.8, 4) is 17.1 Å². The first kappa shape index (κ1) is 17.8. The average molecular weight is 423 g/mol. The van der Waals surface area contributed by atoms with Gasteiger partial charge in [0.15, 0.2) is 5.78 Å². The zero-order valence-corrected chi connectivity index (χ0v) is 16.6. The van der Waals surface area contributed by atoms with Gasteiger partial charge in [-0.05, 0) is 36.9 Å². The van der Waals surface area contributed by atoms with Crippen LogP contribution in [0.3, 0.4) is 0 Å². The van der Waals surface area contributed by atoms with Crippen molar-refractivity contribution in [3.05, 3.63) is 66.2 Å². The lowest BCUT2D eigenvalue weighted by Gasteiger charge is -2.12. The number of benzene rings is 3. The molecule has 0 aliphatic heterocycles. The maximum atomic E-state index is 12.4. The van der Waals surface area contributed by atoms with Crippen LogP contribution in [0.2, 0.25) is 0 Å². The molecule has 1 aromatic heterocycles. The molecule has 3 nitrogen and oxygen atoms in total. The molecule has 27 heavy (non-hydrogen) atoms. The van der Waals surface area contributed by atoms with Crippen molar-refractivity contribution < 1.29 is 13.9 Å². The van der Waals surface area contributed by atoms with Crippen LogP contribution in [-0.4, -0.2) is 17.7 Å². The lowest BCUT2D eigenvalue weighted by atomic mass is 9.97. The summed E-state index contributed by atoms with van der Waals surface area (Å²) < 4.78 is 12.1. The number of para-hydroxylation sites is 1. The molecule has 4 rings (SSSR count). The topological polar surface area (TPSA) is 39.4 Å². The van der Waals surface area contributed by atoms with Crippen molar-refractivity contribution in [1.82, 2.24) is 0 Å². The lowest BCUT2D eigenvalue weighted by molar-refractivity contribution is 0.101. The second-order valence-electron chi connectivity index (χ2n) is 6.41. The third-order valence-electron chi connectivity index (χ3n) is 4.61. The van der Waals surface area contributed by atoms with Crippen LogP contribution in [0.5, 0.6) is 5.75 Å². The Morgan fingerprint density at radius 3 is 2.41 bits per heavy atom. The molecule has 0 N–H and O–H groups in total. The Balaban J connectivity index is 1.93. The van der Waals surface area contributed by atoms with Crippen molar-refractivity contribution in [1.29, 1.82) is 0 Å². The van der Waals surface area contributed by atoms with Crippen LogP contribution < -0.4 is 4.74 Å². The van der Waals surface area contributed by atoms with Gasteiger partial charge in [-0.25, -0.2) is 0 Å². The molecule has 4 heteroatoms. The third kappa shape index (κ3) is 3.26. The molecule has 136 valence electrons. The number of rotatable bonds is 6. The summed E-state index contributed by atoms with van der Waals surface area (Å²) in [5.74, 6) is 1.46. The van der Waals surface area contributed by atoms with Gasteiger partial charge in [-0.15, -0.1) is 0 Å². The number of carbonyl (C=O) groups is 1. The quantitative estimate of drug-likeness (QED) is 0.199. The van der Waals surface area contributed by atoms with Crippen molar-refractivity contribution in [3.63, 3.8) is 0 Å². The lowest BCUT2D eigenvalue weighted by Crippen LogP contribution is -1.99. The smallest absolute Gasteiger partial charge is 0.164 e. The summed E-state index contributed by atoms with van der Waals surface area (Å²) in [6, 6.07) is 19.7. The number of fused-ring (bicyclic) bond motifs is 2. The Bertz CT molecular complexity index is 1130. The molecule has 0 unspecified atom stereocenters. The van der Waals surface area contributed by atoms with Crippen LogP contribution in [0.1, 0.15) is 23.7 Å². The highest BCUT2D eigenvalue weighted by molar-refractivity contribution is 9.09.